The molecular weight excluding hydrogens is 620 g/mol. The van der Waals surface area contributed by atoms with Crippen LogP contribution in [0.25, 0.3) is 11.1 Å². The Labute approximate surface area is 272 Å². The smallest absolute Gasteiger partial charge is 0.339 e. The number of rotatable bonds is 13. The first-order valence-corrected chi connectivity index (χ1v) is 16.1. The van der Waals surface area contributed by atoms with Gasteiger partial charge in [0.25, 0.3) is 15.9 Å². The number of aromatic hydroxyl groups is 1. The molecule has 240 valence electrons. The van der Waals surface area contributed by atoms with Crippen molar-refractivity contribution < 1.29 is 37.7 Å². The average Bonchev–Trinajstić information content (AvgIpc) is 3.07. The molecule has 0 radical (unpaired) electrons. The van der Waals surface area contributed by atoms with E-state index < -0.39 is 16.0 Å². The van der Waals surface area contributed by atoms with Gasteiger partial charge in [-0.3, -0.25) is 9.52 Å². The van der Waals surface area contributed by atoms with E-state index in [4.69, 9.17) is 9.47 Å². The normalized spacial score (nSPS) is 11.0. The zero-order valence-corrected chi connectivity index (χ0v) is 26.2. The minimum absolute atomic E-state index is 0.0608. The van der Waals surface area contributed by atoms with Crippen LogP contribution in [0.4, 0.5) is 11.4 Å². The van der Waals surface area contributed by atoms with Crippen LogP contribution in [0.5, 0.6) is 17.2 Å². The van der Waals surface area contributed by atoms with Crippen LogP contribution in [0.2, 0.25) is 0 Å². The highest BCUT2D eigenvalue weighted by Gasteiger charge is 2.20. The summed E-state index contributed by atoms with van der Waals surface area (Å²) in [5, 5.41) is 21.9. The summed E-state index contributed by atoms with van der Waals surface area (Å²) in [7, 11) is -2.74. The summed E-state index contributed by atoms with van der Waals surface area (Å²) in [5.74, 6) is -0.751. The molecule has 5 aromatic carbocycles. The average molecular weight is 653 g/mol. The van der Waals surface area contributed by atoms with Gasteiger partial charge in [-0.15, -0.1) is 0 Å². The Hall–Kier alpha value is -5.81. The van der Waals surface area contributed by atoms with Crippen molar-refractivity contribution in [2.45, 2.75) is 17.7 Å². The van der Waals surface area contributed by atoms with E-state index in [1.165, 1.54) is 19.2 Å². The molecule has 0 heterocycles. The van der Waals surface area contributed by atoms with Gasteiger partial charge in [0.15, 0.2) is 0 Å². The number of hydrogen-bond acceptors (Lipinski definition) is 7. The van der Waals surface area contributed by atoms with E-state index in [-0.39, 0.29) is 27.9 Å². The molecule has 0 spiro atoms. The molecule has 47 heavy (non-hydrogen) atoms. The number of carboxylic acid groups (broad SMARTS) is 1. The third kappa shape index (κ3) is 8.47. The summed E-state index contributed by atoms with van der Waals surface area (Å²) < 4.78 is 39.4. The van der Waals surface area contributed by atoms with Gasteiger partial charge in [-0.25, -0.2) is 13.2 Å². The maximum atomic E-state index is 13.0. The molecule has 1 amide bonds. The first-order chi connectivity index (χ1) is 22.6. The van der Waals surface area contributed by atoms with Crippen molar-refractivity contribution in [3.05, 3.63) is 132 Å². The number of phenolic OH excluding ortho intramolecular Hbond substituents is 1. The van der Waals surface area contributed by atoms with E-state index in [0.717, 1.165) is 22.8 Å². The van der Waals surface area contributed by atoms with Gasteiger partial charge in [-0.05, 0) is 96.3 Å². The Morgan fingerprint density at radius 1 is 0.787 bits per heavy atom. The summed E-state index contributed by atoms with van der Waals surface area (Å²) >= 11 is 0. The van der Waals surface area contributed by atoms with Crippen LogP contribution in [0, 0.1) is 0 Å². The molecule has 5 aromatic rings. The monoisotopic (exact) mass is 652 g/mol. The van der Waals surface area contributed by atoms with Gasteiger partial charge in [0.1, 0.15) is 22.8 Å². The summed E-state index contributed by atoms with van der Waals surface area (Å²) in [6, 6.07) is 31.7. The Morgan fingerprint density at radius 2 is 1.53 bits per heavy atom. The molecule has 0 atom stereocenters. The van der Waals surface area contributed by atoms with E-state index in [1.807, 2.05) is 12.1 Å². The number of benzene rings is 5. The number of carboxylic acids is 1. The molecule has 0 fully saturated rings. The number of aromatic carboxylic acids is 1. The van der Waals surface area contributed by atoms with Crippen molar-refractivity contribution in [2.75, 3.05) is 23.8 Å². The molecule has 11 heteroatoms. The number of hydrogen-bond donors (Lipinski definition) is 4. The Kier molecular flexibility index (Phi) is 10.1. The van der Waals surface area contributed by atoms with Crippen LogP contribution in [0.15, 0.2) is 120 Å². The maximum Gasteiger partial charge on any atom is 0.339 e. The molecule has 10 nitrogen and oxygen atoms in total. The molecule has 0 aromatic heterocycles. The third-order valence-corrected chi connectivity index (χ3v) is 8.57. The quantitative estimate of drug-likeness (QED) is 0.101. The lowest BCUT2D eigenvalue weighted by Gasteiger charge is -2.12. The van der Waals surface area contributed by atoms with Crippen molar-refractivity contribution in [3.8, 4) is 28.4 Å². The lowest BCUT2D eigenvalue weighted by atomic mass is 10.0. The number of nitrogens with one attached hydrogen (secondary N) is 2. The SMILES string of the molecule is COc1ccc(S(=O)(=O)Nc2cccc(CCCOc3cccc(NC(=O)c4cccc(-c5ccc(O)cc5)c4)c3)c2)cc1C(=O)O. The van der Waals surface area contributed by atoms with Gasteiger partial charge in [-0.1, -0.05) is 42.5 Å². The lowest BCUT2D eigenvalue weighted by molar-refractivity contribution is 0.0692. The number of carbonyl (C=O) groups is 2. The highest BCUT2D eigenvalue weighted by atomic mass is 32.2. The fraction of sp³-hybridized carbons (Fsp3) is 0.111. The summed E-state index contributed by atoms with van der Waals surface area (Å²) in [6.07, 6.45) is 1.24. The Balaban J connectivity index is 1.14. The molecule has 0 unspecified atom stereocenters. The van der Waals surface area contributed by atoms with E-state index in [0.29, 0.717) is 42.1 Å². The largest absolute Gasteiger partial charge is 0.508 e. The molecule has 0 aliphatic heterocycles. The van der Waals surface area contributed by atoms with Gasteiger partial charge >= 0.3 is 5.97 Å². The molecule has 0 bridgehead atoms. The predicted octanol–water partition coefficient (Wildman–Crippen LogP) is 6.83. The molecular formula is C36H32N2O8S. The summed E-state index contributed by atoms with van der Waals surface area (Å²) in [6.45, 7) is 0.381. The fourth-order valence-corrected chi connectivity index (χ4v) is 5.93. The van der Waals surface area contributed by atoms with Gasteiger partial charge in [0.2, 0.25) is 0 Å². The van der Waals surface area contributed by atoms with E-state index in [2.05, 4.69) is 10.0 Å². The van der Waals surface area contributed by atoms with Crippen molar-refractivity contribution in [3.63, 3.8) is 0 Å². The minimum atomic E-state index is -4.05. The third-order valence-electron chi connectivity index (χ3n) is 7.19. The summed E-state index contributed by atoms with van der Waals surface area (Å²) in [5.41, 5.74) is 3.76. The number of phenols is 1. The second kappa shape index (κ2) is 14.5. The highest BCUT2D eigenvalue weighted by molar-refractivity contribution is 7.92. The van der Waals surface area contributed by atoms with Crippen LogP contribution in [-0.2, 0) is 16.4 Å². The summed E-state index contributed by atoms with van der Waals surface area (Å²) in [4.78, 5) is 24.3. The molecule has 0 aliphatic rings. The molecule has 0 saturated heterocycles. The van der Waals surface area contributed by atoms with Crippen molar-refractivity contribution >= 4 is 33.3 Å². The van der Waals surface area contributed by atoms with Crippen LogP contribution >= 0.6 is 0 Å². The number of methoxy groups -OCH3 is 1. The molecule has 4 N–H and O–H groups in total. The minimum Gasteiger partial charge on any atom is -0.508 e. The van der Waals surface area contributed by atoms with Crippen molar-refractivity contribution in [1.29, 1.82) is 0 Å². The number of carbonyl (C=O) groups excluding carboxylic acids is 1. The lowest BCUT2D eigenvalue weighted by Crippen LogP contribution is -2.14. The number of anilines is 2. The van der Waals surface area contributed by atoms with Crippen molar-refractivity contribution in [1.82, 2.24) is 0 Å². The van der Waals surface area contributed by atoms with Gasteiger partial charge in [0, 0.05) is 23.0 Å². The van der Waals surface area contributed by atoms with Crippen LogP contribution < -0.4 is 19.5 Å². The fourth-order valence-electron chi connectivity index (χ4n) is 4.85. The highest BCUT2D eigenvalue weighted by Crippen LogP contribution is 2.26. The van der Waals surface area contributed by atoms with Gasteiger partial charge in [0.05, 0.1) is 18.6 Å². The Bertz CT molecular complexity index is 2010. The molecule has 0 aliphatic carbocycles. The zero-order chi connectivity index (χ0) is 33.4. The standard InChI is InChI=1S/C36H32N2O8S/c1-45-34-18-17-32(23-33(34)36(41)42)47(43,44)38-29-11-2-6-24(20-29)7-5-19-46-31-12-4-10-28(22-31)37-35(40)27-9-3-8-26(21-27)25-13-15-30(39)16-14-25/h2-4,6,8-18,20-23,38-39H,5,7,19H2,1H3,(H,37,40)(H,41,42). The van der Waals surface area contributed by atoms with Crippen LogP contribution in [-0.4, -0.2) is 44.2 Å². The second-order valence-corrected chi connectivity index (χ2v) is 12.2. The number of aryl methyl sites for hydroxylation is 1. The number of sulfonamides is 1. The van der Waals surface area contributed by atoms with Crippen LogP contribution in [0.1, 0.15) is 32.7 Å². The number of ether oxygens (including phenoxy) is 2. The first kappa shape index (κ1) is 32.6. The van der Waals surface area contributed by atoms with Crippen LogP contribution in [0.3, 0.4) is 0 Å². The second-order valence-electron chi connectivity index (χ2n) is 10.5. The molecule has 0 saturated carbocycles. The predicted molar refractivity (Wildman–Crippen MR) is 179 cm³/mol. The maximum absolute atomic E-state index is 13.0. The first-order valence-electron chi connectivity index (χ1n) is 14.6. The zero-order valence-electron chi connectivity index (χ0n) is 25.3. The van der Waals surface area contributed by atoms with Gasteiger partial charge < -0.3 is 25.0 Å². The van der Waals surface area contributed by atoms with E-state index in [1.54, 1.807) is 84.9 Å². The van der Waals surface area contributed by atoms with E-state index >= 15 is 0 Å². The van der Waals surface area contributed by atoms with Crippen molar-refractivity contribution in [2.24, 2.45) is 0 Å². The van der Waals surface area contributed by atoms with Gasteiger partial charge in [-0.2, -0.15) is 0 Å². The molecule has 5 rings (SSSR count). The van der Waals surface area contributed by atoms with E-state index in [9.17, 15) is 28.2 Å². The topological polar surface area (TPSA) is 151 Å². The number of amides is 1. The Morgan fingerprint density at radius 3 is 2.30 bits per heavy atom.